The Labute approximate surface area is 148 Å². The first-order chi connectivity index (χ1) is 12.2. The van der Waals surface area contributed by atoms with E-state index >= 15 is 0 Å². The topological polar surface area (TPSA) is 125 Å². The molecule has 26 heavy (non-hydrogen) atoms. The summed E-state index contributed by atoms with van der Waals surface area (Å²) in [6.45, 7) is 1.78. The Bertz CT molecular complexity index is 1200. The lowest BCUT2D eigenvalue weighted by Crippen LogP contribution is -2.25. The number of aromatic nitrogens is 3. The van der Waals surface area contributed by atoms with Crippen molar-refractivity contribution in [3.63, 3.8) is 0 Å². The second kappa shape index (κ2) is 6.30. The van der Waals surface area contributed by atoms with Crippen molar-refractivity contribution in [2.45, 2.75) is 18.4 Å². The first-order valence-corrected chi connectivity index (χ1v) is 9.37. The molecular weight excluding hydrogens is 360 g/mol. The molecule has 0 amide bonds. The number of nitro groups is 1. The van der Waals surface area contributed by atoms with E-state index in [1.807, 2.05) is 13.0 Å². The third-order valence-electron chi connectivity index (χ3n) is 3.83. The van der Waals surface area contributed by atoms with Crippen LogP contribution in [0.4, 0.5) is 5.69 Å². The number of benzene rings is 2. The monoisotopic (exact) mass is 374 g/mol. The summed E-state index contributed by atoms with van der Waals surface area (Å²) in [5.74, 6) is 0. The van der Waals surface area contributed by atoms with Crippen LogP contribution >= 0.6 is 0 Å². The maximum atomic E-state index is 12.6. The third-order valence-corrected chi connectivity index (χ3v) is 4.97. The van der Waals surface area contributed by atoms with Gasteiger partial charge in [0.2, 0.25) is 0 Å². The molecule has 10 heteroatoms. The van der Waals surface area contributed by atoms with E-state index in [0.29, 0.717) is 16.5 Å². The van der Waals surface area contributed by atoms with E-state index in [9.17, 15) is 23.3 Å². The molecule has 0 N–H and O–H groups in total. The molecule has 1 aromatic heterocycles. The van der Waals surface area contributed by atoms with Gasteiger partial charge in [0.1, 0.15) is 10.4 Å². The Balaban J connectivity index is 2.08. The first kappa shape index (κ1) is 17.7. The minimum atomic E-state index is -3.75. The lowest BCUT2D eigenvalue weighted by molar-refractivity contribution is -0.387. The minimum absolute atomic E-state index is 0.0689. The maximum Gasteiger partial charge on any atom is 0.288 e. The summed E-state index contributed by atoms with van der Waals surface area (Å²) >= 11 is 0. The van der Waals surface area contributed by atoms with Gasteiger partial charge < -0.3 is 0 Å². The Kier molecular flexibility index (Phi) is 4.28. The van der Waals surface area contributed by atoms with Crippen LogP contribution in [0.2, 0.25) is 0 Å². The number of fused-ring (bicyclic) bond motifs is 1. The zero-order valence-corrected chi connectivity index (χ0v) is 14.7. The zero-order chi connectivity index (χ0) is 19.1. The van der Waals surface area contributed by atoms with E-state index in [2.05, 4.69) is 10.3 Å². The van der Waals surface area contributed by atoms with Crippen molar-refractivity contribution in [3.05, 3.63) is 68.0 Å². The molecule has 9 nitrogen and oxygen atoms in total. The van der Waals surface area contributed by atoms with Crippen LogP contribution in [-0.4, -0.2) is 34.6 Å². The van der Waals surface area contributed by atoms with Crippen LogP contribution in [-0.2, 0) is 16.4 Å². The summed E-state index contributed by atoms with van der Waals surface area (Å²) in [6.07, 6.45) is 0.899. The van der Waals surface area contributed by atoms with Gasteiger partial charge in [0.05, 0.1) is 16.9 Å². The normalized spacial score (nSPS) is 11.6. The molecule has 0 aliphatic heterocycles. The van der Waals surface area contributed by atoms with Gasteiger partial charge in [-0.2, -0.15) is 0 Å². The maximum absolute atomic E-state index is 12.6. The van der Waals surface area contributed by atoms with Gasteiger partial charge in [-0.05, 0) is 30.7 Å². The molecular formula is C16H14N4O5S. The summed E-state index contributed by atoms with van der Waals surface area (Å²) in [6, 6.07) is 8.90. The van der Waals surface area contributed by atoms with Gasteiger partial charge in [-0.25, -0.2) is 13.1 Å². The highest BCUT2D eigenvalue weighted by Crippen LogP contribution is 2.25. The van der Waals surface area contributed by atoms with Gasteiger partial charge in [-0.3, -0.25) is 14.9 Å². The van der Waals surface area contributed by atoms with Crippen LogP contribution in [0.25, 0.3) is 10.9 Å². The van der Waals surface area contributed by atoms with Crippen LogP contribution in [0.5, 0.6) is 0 Å². The second-order valence-corrected chi connectivity index (χ2v) is 7.89. The third kappa shape index (κ3) is 3.31. The predicted octanol–water partition coefficient (Wildman–Crippen LogP) is 1.46. The molecule has 0 fully saturated rings. The van der Waals surface area contributed by atoms with Crippen molar-refractivity contribution in [1.82, 2.24) is 15.0 Å². The van der Waals surface area contributed by atoms with Crippen LogP contribution in [0.15, 0.2) is 46.1 Å². The number of hydrogen-bond donors (Lipinski definition) is 0. The number of hydrogen-bond acceptors (Lipinski definition) is 7. The molecule has 0 spiro atoms. The van der Waals surface area contributed by atoms with Crippen LogP contribution in [0.1, 0.15) is 11.1 Å². The van der Waals surface area contributed by atoms with Crippen LogP contribution < -0.4 is 5.56 Å². The Morgan fingerprint density at radius 1 is 1.19 bits per heavy atom. The molecule has 3 aromatic rings. The van der Waals surface area contributed by atoms with Gasteiger partial charge in [-0.15, -0.1) is 5.10 Å². The van der Waals surface area contributed by atoms with Crippen molar-refractivity contribution in [1.29, 1.82) is 0 Å². The van der Waals surface area contributed by atoms with Crippen LogP contribution in [0.3, 0.4) is 0 Å². The van der Waals surface area contributed by atoms with Crippen molar-refractivity contribution < 1.29 is 13.3 Å². The Morgan fingerprint density at radius 2 is 1.92 bits per heavy atom. The average molecular weight is 374 g/mol. The van der Waals surface area contributed by atoms with Crippen molar-refractivity contribution in [2.24, 2.45) is 0 Å². The van der Waals surface area contributed by atoms with Crippen molar-refractivity contribution in [2.75, 3.05) is 6.26 Å². The number of rotatable bonds is 4. The second-order valence-electron chi connectivity index (χ2n) is 5.90. The number of aryl methyl sites for hydroxylation is 1. The molecule has 0 bridgehead atoms. The largest absolute Gasteiger partial charge is 0.288 e. The highest BCUT2D eigenvalue weighted by atomic mass is 32.2. The SMILES string of the molecule is Cc1ccc2nnn(Cc3ccc(S(C)(=O)=O)c([N+](=O)[O-])c3)c(=O)c2c1. The molecule has 0 atom stereocenters. The molecule has 2 aromatic carbocycles. The summed E-state index contributed by atoms with van der Waals surface area (Å²) < 4.78 is 24.4. The first-order valence-electron chi connectivity index (χ1n) is 7.48. The lowest BCUT2D eigenvalue weighted by Gasteiger charge is -2.07. The highest BCUT2D eigenvalue weighted by Gasteiger charge is 2.22. The Morgan fingerprint density at radius 3 is 2.58 bits per heavy atom. The summed E-state index contributed by atoms with van der Waals surface area (Å²) in [4.78, 5) is 22.6. The Hall–Kier alpha value is -3.14. The molecule has 3 rings (SSSR count). The quantitative estimate of drug-likeness (QED) is 0.500. The highest BCUT2D eigenvalue weighted by molar-refractivity contribution is 7.90. The number of nitrogens with zero attached hydrogens (tertiary/aromatic N) is 4. The van der Waals surface area contributed by atoms with E-state index < -0.39 is 20.4 Å². The van der Waals surface area contributed by atoms with Gasteiger partial charge in [0, 0.05) is 12.3 Å². The summed E-state index contributed by atoms with van der Waals surface area (Å²) in [5.41, 5.74) is 0.793. The number of nitro benzene ring substituents is 1. The fraction of sp³-hybridized carbons (Fsp3) is 0.188. The van der Waals surface area contributed by atoms with Crippen LogP contribution in [0, 0.1) is 17.0 Å². The molecule has 0 unspecified atom stereocenters. The van der Waals surface area contributed by atoms with Gasteiger partial charge in [0.25, 0.3) is 11.2 Å². The van der Waals surface area contributed by atoms with Gasteiger partial charge in [-0.1, -0.05) is 22.9 Å². The van der Waals surface area contributed by atoms with E-state index in [1.165, 1.54) is 6.07 Å². The molecule has 0 aliphatic rings. The average Bonchev–Trinajstić information content (AvgIpc) is 2.57. The predicted molar refractivity (Wildman–Crippen MR) is 93.8 cm³/mol. The van der Waals surface area contributed by atoms with Gasteiger partial charge in [0.15, 0.2) is 9.84 Å². The van der Waals surface area contributed by atoms with Crippen molar-refractivity contribution >= 4 is 26.4 Å². The van der Waals surface area contributed by atoms with E-state index in [-0.39, 0.29) is 17.0 Å². The smallest absolute Gasteiger partial charge is 0.267 e. The standard InChI is InChI=1S/C16H14N4O5S/c1-10-3-5-13-12(7-10)16(21)19(18-17-13)9-11-4-6-15(26(2,24)25)14(8-11)20(22)23/h3-8H,9H2,1-2H3. The summed E-state index contributed by atoms with van der Waals surface area (Å²) in [7, 11) is -3.75. The fourth-order valence-electron chi connectivity index (χ4n) is 2.58. The summed E-state index contributed by atoms with van der Waals surface area (Å²) in [5, 5.41) is 19.4. The van der Waals surface area contributed by atoms with E-state index in [0.717, 1.165) is 28.6 Å². The zero-order valence-electron chi connectivity index (χ0n) is 13.9. The van der Waals surface area contributed by atoms with E-state index in [1.54, 1.807) is 12.1 Å². The number of sulfone groups is 1. The molecule has 134 valence electrons. The molecule has 0 saturated carbocycles. The molecule has 0 aliphatic carbocycles. The van der Waals surface area contributed by atoms with Gasteiger partial charge >= 0.3 is 0 Å². The molecule has 0 radical (unpaired) electrons. The molecule has 1 heterocycles. The fourth-order valence-corrected chi connectivity index (χ4v) is 3.41. The molecule has 0 saturated heterocycles. The van der Waals surface area contributed by atoms with E-state index in [4.69, 9.17) is 0 Å². The van der Waals surface area contributed by atoms with Crippen molar-refractivity contribution in [3.8, 4) is 0 Å². The lowest BCUT2D eigenvalue weighted by atomic mass is 10.1. The minimum Gasteiger partial charge on any atom is -0.267 e.